The molecule has 4 nitrogen and oxygen atoms in total. The Hall–Kier alpha value is -1.01. The number of rotatable bonds is 5. The van der Waals surface area contributed by atoms with Gasteiger partial charge in [0.1, 0.15) is 0 Å². The molecular weight excluding hydrogens is 314 g/mol. The third kappa shape index (κ3) is 4.14. The number of hydrogen-bond donors (Lipinski definition) is 0. The average molecular weight is 342 g/mol. The van der Waals surface area contributed by atoms with Crippen LogP contribution in [0.25, 0.3) is 0 Å². The van der Waals surface area contributed by atoms with Crippen molar-refractivity contribution in [1.29, 1.82) is 0 Å². The van der Waals surface area contributed by atoms with Crippen molar-refractivity contribution in [1.82, 2.24) is 9.80 Å². The number of nitrogens with zero attached hydrogens (tertiary/aromatic N) is 2. The summed E-state index contributed by atoms with van der Waals surface area (Å²) in [7, 11) is 0. The van der Waals surface area contributed by atoms with Gasteiger partial charge in [-0.2, -0.15) is 0 Å². The molecule has 24 heavy (non-hydrogen) atoms. The number of ether oxygens (including phenoxy) is 1. The summed E-state index contributed by atoms with van der Waals surface area (Å²) in [6.45, 7) is 6.87. The molecule has 1 amide bonds. The first-order valence-corrected chi connectivity index (χ1v) is 9.08. The van der Waals surface area contributed by atoms with Crippen LogP contribution in [0, 0.1) is 0 Å². The van der Waals surface area contributed by atoms with Crippen LogP contribution in [0.1, 0.15) is 44.9 Å². The lowest BCUT2D eigenvalue weighted by Gasteiger charge is -2.53. The number of allylic oxidation sites excluding steroid dienone is 1. The van der Waals surface area contributed by atoms with Gasteiger partial charge in [0.15, 0.2) is 0 Å². The minimum absolute atomic E-state index is 0.0351. The van der Waals surface area contributed by atoms with Crippen LogP contribution in [0.3, 0.4) is 0 Å². The lowest BCUT2D eigenvalue weighted by molar-refractivity contribution is -0.231. The number of halogens is 2. The van der Waals surface area contributed by atoms with E-state index in [4.69, 9.17) is 4.74 Å². The van der Waals surface area contributed by atoms with E-state index in [0.29, 0.717) is 19.5 Å². The van der Waals surface area contributed by atoms with Crippen molar-refractivity contribution >= 4 is 5.91 Å². The van der Waals surface area contributed by atoms with Gasteiger partial charge in [-0.3, -0.25) is 4.79 Å². The smallest absolute Gasteiger partial charge is 0.250 e. The third-order valence-electron chi connectivity index (χ3n) is 5.66. The normalized spacial score (nSPS) is 29.2. The lowest BCUT2D eigenvalue weighted by atomic mass is 9.80. The lowest BCUT2D eigenvalue weighted by Crippen LogP contribution is -2.60. The number of amides is 1. The van der Waals surface area contributed by atoms with E-state index in [2.05, 4.69) is 11.5 Å². The van der Waals surface area contributed by atoms with E-state index < -0.39 is 5.92 Å². The summed E-state index contributed by atoms with van der Waals surface area (Å²) in [5, 5.41) is 0. The van der Waals surface area contributed by atoms with E-state index in [0.717, 1.165) is 45.3 Å². The summed E-state index contributed by atoms with van der Waals surface area (Å²) in [5.41, 5.74) is -0.0698. The maximum atomic E-state index is 13.2. The van der Waals surface area contributed by atoms with Gasteiger partial charge in [0, 0.05) is 58.4 Å². The summed E-state index contributed by atoms with van der Waals surface area (Å²) >= 11 is 0. The van der Waals surface area contributed by atoms with Crippen molar-refractivity contribution < 1.29 is 18.3 Å². The fraction of sp³-hybridized carbons (Fsp3) is 0.833. The molecule has 3 heterocycles. The molecule has 0 saturated carbocycles. The van der Waals surface area contributed by atoms with Crippen LogP contribution in [0.2, 0.25) is 0 Å². The number of alkyl halides is 2. The Morgan fingerprint density at radius 2 is 1.79 bits per heavy atom. The van der Waals surface area contributed by atoms with Crippen LogP contribution >= 0.6 is 0 Å². The molecule has 0 unspecified atom stereocenters. The largest absolute Gasteiger partial charge is 0.370 e. The second-order valence-corrected chi connectivity index (χ2v) is 7.49. The van der Waals surface area contributed by atoms with E-state index in [1.807, 2.05) is 4.90 Å². The van der Waals surface area contributed by atoms with Gasteiger partial charge in [0.2, 0.25) is 5.91 Å². The Bertz CT molecular complexity index is 458. The maximum absolute atomic E-state index is 13.2. The highest BCUT2D eigenvalue weighted by atomic mass is 19.3. The van der Waals surface area contributed by atoms with E-state index >= 15 is 0 Å². The van der Waals surface area contributed by atoms with Gasteiger partial charge in [-0.05, 0) is 19.3 Å². The van der Waals surface area contributed by atoms with Crippen LogP contribution in [-0.2, 0) is 9.53 Å². The van der Waals surface area contributed by atoms with Crippen molar-refractivity contribution in [3.63, 3.8) is 0 Å². The Morgan fingerprint density at radius 1 is 1.17 bits per heavy atom. The molecule has 3 aliphatic rings. The fourth-order valence-electron chi connectivity index (χ4n) is 4.08. The van der Waals surface area contributed by atoms with Gasteiger partial charge in [0.05, 0.1) is 11.7 Å². The van der Waals surface area contributed by atoms with Crippen LogP contribution < -0.4 is 0 Å². The monoisotopic (exact) mass is 342 g/mol. The second kappa shape index (κ2) is 7.08. The molecule has 3 saturated heterocycles. The summed E-state index contributed by atoms with van der Waals surface area (Å²) in [6.07, 6.45) is 5.92. The van der Waals surface area contributed by atoms with Crippen LogP contribution in [-0.4, -0.2) is 66.1 Å². The van der Waals surface area contributed by atoms with Gasteiger partial charge < -0.3 is 14.5 Å². The predicted octanol–water partition coefficient (Wildman–Crippen LogP) is 2.83. The van der Waals surface area contributed by atoms with E-state index in [-0.39, 0.29) is 30.5 Å². The standard InChI is InChI=1S/C18H28F2N2O2/c1-2-3-4-16(23)22-11-5-17(6-12-22)13-15(24-17)14-21-9-7-18(19,20)8-10-21/h2,15H,1,3-14H2/t15-/m1/s1. The van der Waals surface area contributed by atoms with Gasteiger partial charge in [-0.25, -0.2) is 8.78 Å². The Morgan fingerprint density at radius 3 is 2.38 bits per heavy atom. The highest BCUT2D eigenvalue weighted by molar-refractivity contribution is 5.76. The zero-order chi connectivity index (χ0) is 17.2. The molecular formula is C18H28F2N2O2. The molecule has 3 rings (SSSR count). The number of hydrogen-bond acceptors (Lipinski definition) is 3. The average Bonchev–Trinajstić information content (AvgIpc) is 2.53. The SMILES string of the molecule is C=CCCC(=O)N1CCC2(CC1)C[C@H](CN1CCC(F)(F)CC1)O2. The second-order valence-electron chi connectivity index (χ2n) is 7.49. The molecule has 3 fully saturated rings. The number of carbonyl (C=O) groups excluding carboxylic acids is 1. The first-order chi connectivity index (χ1) is 11.4. The first-order valence-electron chi connectivity index (χ1n) is 9.08. The van der Waals surface area contributed by atoms with E-state index in [1.54, 1.807) is 6.08 Å². The number of carbonyl (C=O) groups is 1. The number of likely N-dealkylation sites (tertiary alicyclic amines) is 2. The van der Waals surface area contributed by atoms with Gasteiger partial charge >= 0.3 is 0 Å². The summed E-state index contributed by atoms with van der Waals surface area (Å²) < 4.78 is 32.5. The molecule has 0 bridgehead atoms. The molecule has 0 aromatic carbocycles. The summed E-state index contributed by atoms with van der Waals surface area (Å²) in [4.78, 5) is 16.1. The molecule has 3 aliphatic heterocycles. The molecule has 6 heteroatoms. The van der Waals surface area contributed by atoms with Crippen molar-refractivity contribution in [3.8, 4) is 0 Å². The van der Waals surface area contributed by atoms with Crippen molar-refractivity contribution in [2.75, 3.05) is 32.7 Å². The minimum Gasteiger partial charge on any atom is -0.370 e. The first kappa shape index (κ1) is 17.8. The van der Waals surface area contributed by atoms with Gasteiger partial charge in [-0.15, -0.1) is 6.58 Å². The maximum Gasteiger partial charge on any atom is 0.250 e. The van der Waals surface area contributed by atoms with Crippen molar-refractivity contribution in [3.05, 3.63) is 12.7 Å². The van der Waals surface area contributed by atoms with Crippen LogP contribution in [0.4, 0.5) is 8.78 Å². The van der Waals surface area contributed by atoms with Crippen LogP contribution in [0.15, 0.2) is 12.7 Å². The molecule has 0 N–H and O–H groups in total. The van der Waals surface area contributed by atoms with Gasteiger partial charge in [-0.1, -0.05) is 6.08 Å². The fourth-order valence-corrected chi connectivity index (χ4v) is 4.08. The minimum atomic E-state index is -2.48. The zero-order valence-corrected chi connectivity index (χ0v) is 14.3. The molecule has 0 aromatic heterocycles. The highest BCUT2D eigenvalue weighted by Gasteiger charge is 2.48. The Balaban J connectivity index is 1.36. The Labute approximate surface area is 142 Å². The highest BCUT2D eigenvalue weighted by Crippen LogP contribution is 2.42. The van der Waals surface area contributed by atoms with Gasteiger partial charge in [0.25, 0.3) is 5.92 Å². The molecule has 1 spiro atoms. The number of piperidine rings is 2. The third-order valence-corrected chi connectivity index (χ3v) is 5.66. The quantitative estimate of drug-likeness (QED) is 0.720. The van der Waals surface area contributed by atoms with E-state index in [1.165, 1.54) is 0 Å². The van der Waals surface area contributed by atoms with Crippen molar-refractivity contribution in [2.24, 2.45) is 0 Å². The molecule has 0 aliphatic carbocycles. The summed E-state index contributed by atoms with van der Waals surface area (Å²) in [6, 6.07) is 0. The topological polar surface area (TPSA) is 32.8 Å². The predicted molar refractivity (Wildman–Crippen MR) is 88.1 cm³/mol. The molecule has 0 radical (unpaired) electrons. The van der Waals surface area contributed by atoms with Crippen molar-refractivity contribution in [2.45, 2.75) is 62.6 Å². The zero-order valence-electron chi connectivity index (χ0n) is 14.3. The molecule has 1 atom stereocenters. The Kier molecular flexibility index (Phi) is 5.25. The molecule has 136 valence electrons. The van der Waals surface area contributed by atoms with E-state index in [9.17, 15) is 13.6 Å². The van der Waals surface area contributed by atoms with Crippen LogP contribution in [0.5, 0.6) is 0 Å². The molecule has 0 aromatic rings. The summed E-state index contributed by atoms with van der Waals surface area (Å²) in [5.74, 6) is -2.28.